The Kier molecular flexibility index (Phi) is 6.33. The lowest BCUT2D eigenvalue weighted by Crippen LogP contribution is -2.32. The molecule has 1 saturated heterocycles. The number of unbranched alkanes of at least 4 members (excludes halogenated alkanes) is 1. The molecule has 2 unspecified atom stereocenters. The third kappa shape index (κ3) is 4.85. The highest BCUT2D eigenvalue weighted by molar-refractivity contribution is 7.93. The zero-order chi connectivity index (χ0) is 18.7. The monoisotopic (exact) mass is 365 g/mol. The summed E-state index contributed by atoms with van der Waals surface area (Å²) in [6.07, 6.45) is 7.17. The second-order valence-corrected chi connectivity index (χ2v) is 9.88. The number of aliphatic hydroxyl groups is 1. The molecule has 1 aliphatic rings. The van der Waals surface area contributed by atoms with Crippen LogP contribution in [0.5, 0.6) is 0 Å². The molecule has 4 nitrogen and oxygen atoms in total. The topological polar surface area (TPSA) is 57.6 Å². The predicted octanol–water partition coefficient (Wildman–Crippen LogP) is 4.42. The fraction of sp³-hybridized carbons (Fsp3) is 0.600. The Labute approximate surface area is 152 Å². The molecule has 0 aromatic heterocycles. The summed E-state index contributed by atoms with van der Waals surface area (Å²) in [5.41, 5.74) is 1.25. The van der Waals surface area contributed by atoms with Gasteiger partial charge in [0.05, 0.1) is 17.5 Å². The second-order valence-electron chi connectivity index (χ2n) is 7.91. The summed E-state index contributed by atoms with van der Waals surface area (Å²) in [5, 5.41) is 10.4. The molecule has 1 fully saturated rings. The zero-order valence-electron chi connectivity index (χ0n) is 15.8. The van der Waals surface area contributed by atoms with Gasteiger partial charge in [0.1, 0.15) is 0 Å². The summed E-state index contributed by atoms with van der Waals surface area (Å²) < 4.78 is 26.6. The Hall–Kier alpha value is -1.33. The first-order valence-corrected chi connectivity index (χ1v) is 10.7. The van der Waals surface area contributed by atoms with E-state index >= 15 is 0 Å². The van der Waals surface area contributed by atoms with Crippen LogP contribution in [0.15, 0.2) is 36.4 Å². The van der Waals surface area contributed by atoms with E-state index in [1.165, 1.54) is 0 Å². The minimum atomic E-state index is -3.26. The number of hydrogen-bond acceptors (Lipinski definition) is 3. The van der Waals surface area contributed by atoms with E-state index in [1.807, 2.05) is 45.0 Å². The fourth-order valence-corrected chi connectivity index (χ4v) is 5.01. The number of anilines is 1. The van der Waals surface area contributed by atoms with Crippen molar-refractivity contribution in [3.63, 3.8) is 0 Å². The van der Waals surface area contributed by atoms with E-state index in [0.717, 1.165) is 24.8 Å². The van der Waals surface area contributed by atoms with Crippen LogP contribution in [0.25, 0.3) is 0 Å². The fourth-order valence-electron chi connectivity index (χ4n) is 3.15. The van der Waals surface area contributed by atoms with Gasteiger partial charge in [0, 0.05) is 6.04 Å². The Bertz CT molecular complexity index is 687. The minimum Gasteiger partial charge on any atom is -0.388 e. The zero-order valence-corrected chi connectivity index (χ0v) is 16.6. The molecule has 0 aliphatic carbocycles. The number of benzene rings is 1. The summed E-state index contributed by atoms with van der Waals surface area (Å²) in [4.78, 5) is 0. The van der Waals surface area contributed by atoms with E-state index in [-0.39, 0.29) is 17.2 Å². The summed E-state index contributed by atoms with van der Waals surface area (Å²) >= 11 is 0. The van der Waals surface area contributed by atoms with Gasteiger partial charge in [-0.15, -0.1) is 0 Å². The molecule has 0 amide bonds. The molecule has 2 atom stereocenters. The van der Waals surface area contributed by atoms with Crippen LogP contribution in [-0.2, 0) is 10.0 Å². The molecule has 25 heavy (non-hydrogen) atoms. The van der Waals surface area contributed by atoms with Crippen molar-refractivity contribution >= 4 is 15.7 Å². The largest absolute Gasteiger partial charge is 0.388 e. The summed E-state index contributed by atoms with van der Waals surface area (Å²) in [5.74, 6) is 0.200. The van der Waals surface area contributed by atoms with Gasteiger partial charge < -0.3 is 5.11 Å². The third-order valence-corrected chi connectivity index (χ3v) is 6.51. The van der Waals surface area contributed by atoms with Crippen molar-refractivity contribution < 1.29 is 13.5 Å². The molecule has 1 heterocycles. The molecular weight excluding hydrogens is 334 g/mol. The van der Waals surface area contributed by atoms with E-state index in [9.17, 15) is 13.5 Å². The van der Waals surface area contributed by atoms with Crippen molar-refractivity contribution in [2.45, 2.75) is 65.5 Å². The highest BCUT2D eigenvalue weighted by Crippen LogP contribution is 2.35. The first kappa shape index (κ1) is 20.0. The summed E-state index contributed by atoms with van der Waals surface area (Å²) in [6, 6.07) is 7.29. The standard InChI is InChI=1S/C20H31NO3S/c1-5-6-7-8-9-17-14-15-25(23,24)21(17)18-12-10-16(11-13-18)19(22)20(2,3)4/h7-8,10-13,17,19,22H,5-6,9,14-15H2,1-4H3/b8-7-. The normalized spacial score (nSPS) is 21.8. The third-order valence-electron chi connectivity index (χ3n) is 4.65. The Morgan fingerprint density at radius 3 is 2.44 bits per heavy atom. The summed E-state index contributed by atoms with van der Waals surface area (Å²) in [7, 11) is -3.26. The number of rotatable bonds is 6. The van der Waals surface area contributed by atoms with Crippen molar-refractivity contribution in [2.75, 3.05) is 10.1 Å². The molecule has 0 radical (unpaired) electrons. The number of allylic oxidation sites excluding steroid dienone is 1. The van der Waals surface area contributed by atoms with Gasteiger partial charge in [0.15, 0.2) is 0 Å². The number of aliphatic hydroxyl groups excluding tert-OH is 1. The van der Waals surface area contributed by atoms with E-state index in [4.69, 9.17) is 0 Å². The Morgan fingerprint density at radius 2 is 1.88 bits per heavy atom. The van der Waals surface area contributed by atoms with Crippen LogP contribution in [0.2, 0.25) is 0 Å². The van der Waals surface area contributed by atoms with E-state index in [0.29, 0.717) is 12.1 Å². The molecule has 0 spiro atoms. The van der Waals surface area contributed by atoms with Gasteiger partial charge >= 0.3 is 0 Å². The van der Waals surface area contributed by atoms with Crippen molar-refractivity contribution in [1.82, 2.24) is 0 Å². The molecule has 140 valence electrons. The summed E-state index contributed by atoms with van der Waals surface area (Å²) in [6.45, 7) is 8.07. The van der Waals surface area contributed by atoms with Crippen LogP contribution in [0.3, 0.4) is 0 Å². The molecule has 1 aliphatic heterocycles. The van der Waals surface area contributed by atoms with Gasteiger partial charge in [-0.25, -0.2) is 8.42 Å². The average Bonchev–Trinajstić information content (AvgIpc) is 2.85. The molecule has 0 bridgehead atoms. The molecule has 1 N–H and O–H groups in total. The average molecular weight is 366 g/mol. The number of sulfonamides is 1. The van der Waals surface area contributed by atoms with Crippen LogP contribution in [0.1, 0.15) is 65.0 Å². The van der Waals surface area contributed by atoms with Gasteiger partial charge in [-0.05, 0) is 42.4 Å². The molecule has 0 saturated carbocycles. The van der Waals surface area contributed by atoms with Crippen LogP contribution in [-0.4, -0.2) is 25.3 Å². The number of nitrogens with zero attached hydrogens (tertiary/aromatic N) is 1. The SMILES string of the molecule is CCC/C=C\CC1CCS(=O)(=O)N1c1ccc(C(O)C(C)(C)C)cc1. The molecule has 1 aromatic rings. The van der Waals surface area contributed by atoms with Gasteiger partial charge in [-0.3, -0.25) is 4.31 Å². The first-order valence-electron chi connectivity index (χ1n) is 9.12. The van der Waals surface area contributed by atoms with Crippen molar-refractivity contribution in [1.29, 1.82) is 0 Å². The number of hydrogen-bond donors (Lipinski definition) is 1. The molecule has 2 rings (SSSR count). The van der Waals surface area contributed by atoms with Crippen molar-refractivity contribution in [3.8, 4) is 0 Å². The van der Waals surface area contributed by atoms with Crippen molar-refractivity contribution in [2.24, 2.45) is 5.41 Å². The maximum atomic E-state index is 12.5. The lowest BCUT2D eigenvalue weighted by molar-refractivity contribution is 0.0627. The van der Waals surface area contributed by atoms with Crippen LogP contribution in [0.4, 0.5) is 5.69 Å². The maximum absolute atomic E-state index is 12.5. The molecular formula is C20H31NO3S. The van der Waals surface area contributed by atoms with Gasteiger partial charge in [0.25, 0.3) is 0 Å². The minimum absolute atomic E-state index is 0.0171. The van der Waals surface area contributed by atoms with Crippen LogP contribution < -0.4 is 4.31 Å². The van der Waals surface area contributed by atoms with Crippen LogP contribution in [0, 0.1) is 5.41 Å². The van der Waals surface area contributed by atoms with Gasteiger partial charge in [0.2, 0.25) is 10.0 Å². The first-order chi connectivity index (χ1) is 11.7. The molecule has 5 heteroatoms. The van der Waals surface area contributed by atoms with E-state index < -0.39 is 16.1 Å². The lowest BCUT2D eigenvalue weighted by atomic mass is 9.85. The van der Waals surface area contributed by atoms with Crippen LogP contribution >= 0.6 is 0 Å². The quantitative estimate of drug-likeness (QED) is 0.759. The van der Waals surface area contributed by atoms with E-state index in [2.05, 4.69) is 19.1 Å². The lowest BCUT2D eigenvalue weighted by Gasteiger charge is -2.28. The second kappa shape index (κ2) is 7.92. The molecule has 1 aromatic carbocycles. The smallest absolute Gasteiger partial charge is 0.235 e. The predicted molar refractivity (Wildman–Crippen MR) is 104 cm³/mol. The highest BCUT2D eigenvalue weighted by Gasteiger charge is 2.36. The Balaban J connectivity index is 2.21. The van der Waals surface area contributed by atoms with E-state index in [1.54, 1.807) is 4.31 Å². The Morgan fingerprint density at radius 1 is 1.24 bits per heavy atom. The van der Waals surface area contributed by atoms with Crippen molar-refractivity contribution in [3.05, 3.63) is 42.0 Å². The maximum Gasteiger partial charge on any atom is 0.235 e. The van der Waals surface area contributed by atoms with Gasteiger partial charge in [-0.2, -0.15) is 0 Å². The highest BCUT2D eigenvalue weighted by atomic mass is 32.2. The van der Waals surface area contributed by atoms with Gasteiger partial charge in [-0.1, -0.05) is 58.4 Å².